The molecule has 2 saturated heterocycles. The maximum Gasteiger partial charge on any atom is 0.243 e. The van der Waals surface area contributed by atoms with Crippen LogP contribution in [0.3, 0.4) is 0 Å². The predicted molar refractivity (Wildman–Crippen MR) is 113 cm³/mol. The Morgan fingerprint density at radius 3 is 2.47 bits per heavy atom. The van der Waals surface area contributed by atoms with E-state index in [0.717, 1.165) is 6.42 Å². The molecule has 0 saturated carbocycles. The molecule has 2 atom stereocenters. The van der Waals surface area contributed by atoms with Crippen molar-refractivity contribution in [2.24, 2.45) is 11.8 Å². The predicted octanol–water partition coefficient (Wildman–Crippen LogP) is 1.35. The van der Waals surface area contributed by atoms with Crippen molar-refractivity contribution in [2.75, 3.05) is 31.1 Å². The summed E-state index contributed by atoms with van der Waals surface area (Å²) in [5, 5.41) is 12.3. The van der Waals surface area contributed by atoms with Gasteiger partial charge in [0, 0.05) is 31.7 Å². The Balaban J connectivity index is 1.69. The van der Waals surface area contributed by atoms with Gasteiger partial charge in [-0.15, -0.1) is 0 Å². The largest absolute Gasteiger partial charge is 0.394 e. The fourth-order valence-electron chi connectivity index (χ4n) is 3.97. The zero-order valence-electron chi connectivity index (χ0n) is 17.6. The van der Waals surface area contributed by atoms with Gasteiger partial charge in [-0.3, -0.25) is 9.59 Å². The van der Waals surface area contributed by atoms with E-state index in [1.54, 1.807) is 17.0 Å². The number of carbonyl (C=O) groups is 2. The van der Waals surface area contributed by atoms with Crippen molar-refractivity contribution in [3.8, 4) is 0 Å². The van der Waals surface area contributed by atoms with Crippen molar-refractivity contribution in [3.05, 3.63) is 24.3 Å². The minimum Gasteiger partial charge on any atom is -0.394 e. The molecule has 3 rings (SSSR count). The summed E-state index contributed by atoms with van der Waals surface area (Å²) in [7, 11) is -3.73. The monoisotopic (exact) mass is 437 g/mol. The van der Waals surface area contributed by atoms with Crippen molar-refractivity contribution < 1.29 is 23.1 Å². The Labute approximate surface area is 178 Å². The molecule has 1 aromatic rings. The lowest BCUT2D eigenvalue weighted by Crippen LogP contribution is -2.49. The molecule has 2 unspecified atom stereocenters. The van der Waals surface area contributed by atoms with E-state index in [9.17, 15) is 23.1 Å². The van der Waals surface area contributed by atoms with E-state index in [-0.39, 0.29) is 41.8 Å². The van der Waals surface area contributed by atoms with Crippen LogP contribution in [0, 0.1) is 11.8 Å². The lowest BCUT2D eigenvalue weighted by molar-refractivity contribution is -0.127. The molecule has 2 aliphatic rings. The molecule has 166 valence electrons. The highest BCUT2D eigenvalue weighted by molar-refractivity contribution is 7.89. The number of carbonyl (C=O) groups excluding carboxylic acids is 2. The van der Waals surface area contributed by atoms with E-state index in [1.807, 2.05) is 13.8 Å². The van der Waals surface area contributed by atoms with Gasteiger partial charge in [0.15, 0.2) is 0 Å². The molecule has 0 aromatic heterocycles. The summed E-state index contributed by atoms with van der Waals surface area (Å²) in [6.45, 7) is 4.82. The lowest BCUT2D eigenvalue weighted by atomic mass is 9.97. The molecule has 2 aliphatic heterocycles. The van der Waals surface area contributed by atoms with Crippen LogP contribution in [0.4, 0.5) is 5.69 Å². The van der Waals surface area contributed by atoms with E-state index in [0.29, 0.717) is 38.0 Å². The van der Waals surface area contributed by atoms with Crippen LogP contribution in [0.15, 0.2) is 29.2 Å². The summed E-state index contributed by atoms with van der Waals surface area (Å²) in [5.74, 6) is -0.519. The second-order valence-electron chi connectivity index (χ2n) is 8.39. The standard InChI is InChI=1S/C21H31N3O5S/c1-15(2)19(14-25)22-21(27)16-5-3-11-23(13-16)30(28,29)18-9-7-17(8-10-18)24-12-4-6-20(24)26/h7-10,15-16,19,25H,3-6,11-14H2,1-2H3,(H,22,27). The molecule has 2 amide bonds. The highest BCUT2D eigenvalue weighted by Gasteiger charge is 2.34. The van der Waals surface area contributed by atoms with Gasteiger partial charge in [0.2, 0.25) is 21.8 Å². The first-order valence-corrected chi connectivity index (χ1v) is 12.0. The summed E-state index contributed by atoms with van der Waals surface area (Å²) < 4.78 is 27.6. The zero-order valence-corrected chi connectivity index (χ0v) is 18.4. The molecular weight excluding hydrogens is 406 g/mol. The molecule has 2 heterocycles. The molecule has 8 nitrogen and oxygen atoms in total. The lowest BCUT2D eigenvalue weighted by Gasteiger charge is -2.32. The van der Waals surface area contributed by atoms with Crippen molar-refractivity contribution in [3.63, 3.8) is 0 Å². The summed E-state index contributed by atoms with van der Waals surface area (Å²) in [5.41, 5.74) is 0.705. The molecule has 9 heteroatoms. The van der Waals surface area contributed by atoms with E-state index in [4.69, 9.17) is 0 Å². The summed E-state index contributed by atoms with van der Waals surface area (Å²) >= 11 is 0. The van der Waals surface area contributed by atoms with Gasteiger partial charge in [0.1, 0.15) is 0 Å². The van der Waals surface area contributed by atoms with E-state index < -0.39 is 15.9 Å². The molecule has 0 aliphatic carbocycles. The van der Waals surface area contributed by atoms with Gasteiger partial charge in [0.05, 0.1) is 23.5 Å². The number of rotatable bonds is 7. The first-order valence-electron chi connectivity index (χ1n) is 10.6. The van der Waals surface area contributed by atoms with Crippen LogP contribution in [0.25, 0.3) is 0 Å². The van der Waals surface area contributed by atoms with Crippen molar-refractivity contribution in [1.29, 1.82) is 0 Å². The fourth-order valence-corrected chi connectivity index (χ4v) is 5.49. The van der Waals surface area contributed by atoms with Crippen LogP contribution >= 0.6 is 0 Å². The molecule has 0 spiro atoms. The average molecular weight is 438 g/mol. The van der Waals surface area contributed by atoms with Gasteiger partial charge < -0.3 is 15.3 Å². The molecule has 0 radical (unpaired) electrons. The first kappa shape index (κ1) is 22.7. The average Bonchev–Trinajstić information content (AvgIpc) is 3.17. The van der Waals surface area contributed by atoms with E-state index in [2.05, 4.69) is 5.32 Å². The summed E-state index contributed by atoms with van der Waals surface area (Å²) in [6.07, 6.45) is 2.54. The third-order valence-electron chi connectivity index (χ3n) is 5.94. The number of benzene rings is 1. The van der Waals surface area contributed by atoms with Crippen LogP contribution in [-0.4, -0.2) is 61.9 Å². The van der Waals surface area contributed by atoms with Gasteiger partial charge in [-0.1, -0.05) is 13.8 Å². The smallest absolute Gasteiger partial charge is 0.243 e. The van der Waals surface area contributed by atoms with E-state index >= 15 is 0 Å². The Bertz CT molecular complexity index is 869. The van der Waals surface area contributed by atoms with Crippen LogP contribution in [-0.2, 0) is 19.6 Å². The number of anilines is 1. The highest BCUT2D eigenvalue weighted by atomic mass is 32.2. The number of aliphatic hydroxyl groups is 1. The molecule has 30 heavy (non-hydrogen) atoms. The fraction of sp³-hybridized carbons (Fsp3) is 0.619. The Kier molecular flexibility index (Phi) is 7.15. The minimum absolute atomic E-state index is 0.0538. The zero-order chi connectivity index (χ0) is 21.9. The van der Waals surface area contributed by atoms with Crippen LogP contribution < -0.4 is 10.2 Å². The maximum atomic E-state index is 13.1. The van der Waals surface area contributed by atoms with E-state index in [1.165, 1.54) is 16.4 Å². The number of aliphatic hydroxyl groups excluding tert-OH is 1. The molecule has 2 fully saturated rings. The van der Waals surface area contributed by atoms with Gasteiger partial charge >= 0.3 is 0 Å². The van der Waals surface area contributed by atoms with Gasteiger partial charge in [0.25, 0.3) is 0 Å². The number of hydrogen-bond acceptors (Lipinski definition) is 5. The van der Waals surface area contributed by atoms with Gasteiger partial charge in [-0.05, 0) is 49.4 Å². The number of amides is 2. The number of nitrogens with one attached hydrogen (secondary N) is 1. The molecular formula is C21H31N3O5S. The first-order chi connectivity index (χ1) is 14.2. The SMILES string of the molecule is CC(C)C(CO)NC(=O)C1CCCN(S(=O)(=O)c2ccc(N3CCCC3=O)cc2)C1. The Morgan fingerprint density at radius 1 is 1.20 bits per heavy atom. The van der Waals surface area contributed by atoms with Crippen molar-refractivity contribution in [1.82, 2.24) is 9.62 Å². The second-order valence-corrected chi connectivity index (χ2v) is 10.3. The van der Waals surface area contributed by atoms with Crippen LogP contribution in [0.1, 0.15) is 39.5 Å². The van der Waals surface area contributed by atoms with Gasteiger partial charge in [-0.25, -0.2) is 8.42 Å². The van der Waals surface area contributed by atoms with Crippen LogP contribution in [0.2, 0.25) is 0 Å². The second kappa shape index (κ2) is 9.45. The van der Waals surface area contributed by atoms with Crippen molar-refractivity contribution >= 4 is 27.5 Å². The molecule has 2 N–H and O–H groups in total. The highest BCUT2D eigenvalue weighted by Crippen LogP contribution is 2.27. The normalized spacial score (nSPS) is 21.8. The number of sulfonamides is 1. The van der Waals surface area contributed by atoms with Crippen LogP contribution in [0.5, 0.6) is 0 Å². The number of nitrogens with zero attached hydrogens (tertiary/aromatic N) is 2. The number of piperidine rings is 1. The molecule has 0 bridgehead atoms. The van der Waals surface area contributed by atoms with Crippen molar-refractivity contribution in [2.45, 2.75) is 50.5 Å². The topological polar surface area (TPSA) is 107 Å². The maximum absolute atomic E-state index is 13.1. The summed E-state index contributed by atoms with van der Waals surface area (Å²) in [6, 6.07) is 6.05. The number of hydrogen-bond donors (Lipinski definition) is 2. The summed E-state index contributed by atoms with van der Waals surface area (Å²) in [4.78, 5) is 26.3. The van der Waals surface area contributed by atoms with Gasteiger partial charge in [-0.2, -0.15) is 4.31 Å². The quantitative estimate of drug-likeness (QED) is 0.670. The Morgan fingerprint density at radius 2 is 1.90 bits per heavy atom. The Hall–Kier alpha value is -1.97. The third kappa shape index (κ3) is 4.84. The minimum atomic E-state index is -3.73. The molecule has 1 aromatic carbocycles. The third-order valence-corrected chi connectivity index (χ3v) is 7.82.